The zero-order valence-electron chi connectivity index (χ0n) is 8.38. The molecule has 0 saturated heterocycles. The second kappa shape index (κ2) is 6.03. The van der Waals surface area contributed by atoms with Crippen molar-refractivity contribution >= 4 is 12.2 Å². The van der Waals surface area contributed by atoms with Crippen LogP contribution in [0.25, 0.3) is 0 Å². The minimum atomic E-state index is -0.729. The van der Waals surface area contributed by atoms with Crippen LogP contribution in [0.3, 0.4) is 0 Å². The van der Waals surface area contributed by atoms with Crippen LogP contribution >= 0.6 is 0 Å². The number of hydrazone groups is 1. The van der Waals surface area contributed by atoms with Gasteiger partial charge in [-0.25, -0.2) is 10.2 Å². The van der Waals surface area contributed by atoms with Crippen molar-refractivity contribution < 1.29 is 9.53 Å². The second-order valence-electron chi connectivity index (χ2n) is 2.75. The van der Waals surface area contributed by atoms with E-state index in [1.165, 1.54) is 6.21 Å². The maximum Gasteiger partial charge on any atom is 0.332 e. The standard InChI is InChI=1S/C10H10N4O2/c11-4-5-16-9-3-1-2-8(6-9)7-13-14-10(12)15/h1-3,6-7H,5H2,(H3,12,14,15). The topological polar surface area (TPSA) is 100 Å². The fraction of sp³-hybridized carbons (Fsp3) is 0.100. The Morgan fingerprint density at radius 1 is 1.69 bits per heavy atom. The first kappa shape index (κ1) is 11.5. The van der Waals surface area contributed by atoms with Crippen LogP contribution in [0.1, 0.15) is 5.56 Å². The van der Waals surface area contributed by atoms with E-state index in [2.05, 4.69) is 10.5 Å². The van der Waals surface area contributed by atoms with Gasteiger partial charge in [0.1, 0.15) is 11.8 Å². The van der Waals surface area contributed by atoms with Crippen molar-refractivity contribution in [1.82, 2.24) is 5.43 Å². The molecular weight excluding hydrogens is 208 g/mol. The van der Waals surface area contributed by atoms with Gasteiger partial charge < -0.3 is 10.5 Å². The van der Waals surface area contributed by atoms with E-state index in [1.807, 2.05) is 6.07 Å². The molecule has 1 aromatic carbocycles. The third-order valence-electron chi connectivity index (χ3n) is 1.55. The molecule has 2 amide bonds. The van der Waals surface area contributed by atoms with Crippen molar-refractivity contribution in [2.24, 2.45) is 10.8 Å². The number of hydrogen-bond donors (Lipinski definition) is 2. The van der Waals surface area contributed by atoms with Crippen LogP contribution in [-0.4, -0.2) is 18.9 Å². The molecule has 0 spiro atoms. The third-order valence-corrected chi connectivity index (χ3v) is 1.55. The molecule has 0 aliphatic carbocycles. The van der Waals surface area contributed by atoms with E-state index < -0.39 is 6.03 Å². The summed E-state index contributed by atoms with van der Waals surface area (Å²) < 4.78 is 5.09. The highest BCUT2D eigenvalue weighted by Crippen LogP contribution is 2.11. The van der Waals surface area contributed by atoms with E-state index in [1.54, 1.807) is 24.3 Å². The number of nitrogens with zero attached hydrogens (tertiary/aromatic N) is 2. The van der Waals surface area contributed by atoms with Crippen molar-refractivity contribution in [1.29, 1.82) is 5.26 Å². The van der Waals surface area contributed by atoms with Gasteiger partial charge in [0, 0.05) is 0 Å². The summed E-state index contributed by atoms with van der Waals surface area (Å²) in [6.07, 6.45) is 1.42. The summed E-state index contributed by atoms with van der Waals surface area (Å²) in [5.41, 5.74) is 7.63. The lowest BCUT2D eigenvalue weighted by atomic mass is 10.2. The van der Waals surface area contributed by atoms with Crippen molar-refractivity contribution in [3.63, 3.8) is 0 Å². The van der Waals surface area contributed by atoms with Crippen molar-refractivity contribution in [3.8, 4) is 11.8 Å². The molecule has 16 heavy (non-hydrogen) atoms. The molecule has 0 bridgehead atoms. The summed E-state index contributed by atoms with van der Waals surface area (Å²) in [4.78, 5) is 10.3. The number of nitriles is 1. The predicted molar refractivity (Wildman–Crippen MR) is 57.9 cm³/mol. The van der Waals surface area contributed by atoms with Crippen LogP contribution in [0.4, 0.5) is 4.79 Å². The quantitative estimate of drug-likeness (QED) is 0.571. The number of carbonyl (C=O) groups is 1. The van der Waals surface area contributed by atoms with Gasteiger partial charge in [0.05, 0.1) is 6.21 Å². The number of benzene rings is 1. The Balaban J connectivity index is 2.64. The molecule has 0 saturated carbocycles. The first-order valence-corrected chi connectivity index (χ1v) is 4.40. The van der Waals surface area contributed by atoms with Crippen LogP contribution in [0.2, 0.25) is 0 Å². The first-order valence-electron chi connectivity index (χ1n) is 4.40. The van der Waals surface area contributed by atoms with E-state index in [0.717, 1.165) is 5.56 Å². The Bertz CT molecular complexity index is 437. The van der Waals surface area contributed by atoms with Crippen molar-refractivity contribution in [2.45, 2.75) is 0 Å². The summed E-state index contributed by atoms with van der Waals surface area (Å²) in [7, 11) is 0. The molecule has 0 aliphatic heterocycles. The molecule has 0 radical (unpaired) electrons. The molecule has 82 valence electrons. The highest BCUT2D eigenvalue weighted by atomic mass is 16.5. The fourth-order valence-electron chi connectivity index (χ4n) is 0.971. The minimum Gasteiger partial charge on any atom is -0.479 e. The zero-order valence-corrected chi connectivity index (χ0v) is 8.38. The van der Waals surface area contributed by atoms with E-state index in [4.69, 9.17) is 15.7 Å². The molecule has 1 rings (SSSR count). The Hall–Kier alpha value is -2.55. The Morgan fingerprint density at radius 2 is 2.50 bits per heavy atom. The van der Waals surface area contributed by atoms with Crippen LogP contribution < -0.4 is 15.9 Å². The normalized spacial score (nSPS) is 9.69. The van der Waals surface area contributed by atoms with E-state index in [0.29, 0.717) is 5.75 Å². The maximum absolute atomic E-state index is 10.3. The summed E-state index contributed by atoms with van der Waals surface area (Å²) >= 11 is 0. The molecule has 0 heterocycles. The molecule has 3 N–H and O–H groups in total. The summed E-state index contributed by atoms with van der Waals surface area (Å²) in [5.74, 6) is 0.560. The van der Waals surface area contributed by atoms with Crippen LogP contribution in [0.5, 0.6) is 5.75 Å². The number of carbonyl (C=O) groups excluding carboxylic acids is 1. The van der Waals surface area contributed by atoms with Crippen LogP contribution in [-0.2, 0) is 0 Å². The predicted octanol–water partition coefficient (Wildman–Crippen LogP) is 0.591. The monoisotopic (exact) mass is 218 g/mol. The number of rotatable bonds is 4. The molecule has 0 aromatic heterocycles. The van der Waals surface area contributed by atoms with Crippen LogP contribution in [0, 0.1) is 11.3 Å². The lowest BCUT2D eigenvalue weighted by Gasteiger charge is -2.01. The average molecular weight is 218 g/mol. The van der Waals surface area contributed by atoms with Gasteiger partial charge in [0.25, 0.3) is 0 Å². The number of nitrogens with two attached hydrogens (primary N) is 1. The van der Waals surface area contributed by atoms with Gasteiger partial charge >= 0.3 is 6.03 Å². The fourth-order valence-corrected chi connectivity index (χ4v) is 0.971. The highest BCUT2D eigenvalue weighted by Gasteiger charge is 1.94. The molecule has 0 unspecified atom stereocenters. The number of primary amides is 1. The largest absolute Gasteiger partial charge is 0.479 e. The van der Waals surface area contributed by atoms with Gasteiger partial charge in [-0.15, -0.1) is 0 Å². The van der Waals surface area contributed by atoms with Gasteiger partial charge in [-0.3, -0.25) is 0 Å². The molecule has 0 fully saturated rings. The Kier molecular flexibility index (Phi) is 4.34. The van der Waals surface area contributed by atoms with E-state index in [-0.39, 0.29) is 6.61 Å². The molecule has 6 nitrogen and oxygen atoms in total. The number of hydrogen-bond acceptors (Lipinski definition) is 4. The number of nitrogens with one attached hydrogen (secondary N) is 1. The maximum atomic E-state index is 10.3. The molecule has 1 aromatic rings. The Morgan fingerprint density at radius 3 is 3.19 bits per heavy atom. The van der Waals surface area contributed by atoms with Crippen LogP contribution in [0.15, 0.2) is 29.4 Å². The molecule has 0 atom stereocenters. The lowest BCUT2D eigenvalue weighted by Crippen LogP contribution is -2.24. The second-order valence-corrected chi connectivity index (χ2v) is 2.75. The van der Waals surface area contributed by atoms with Gasteiger partial charge in [-0.2, -0.15) is 10.4 Å². The average Bonchev–Trinajstić information content (AvgIpc) is 2.26. The summed E-state index contributed by atoms with van der Waals surface area (Å²) in [6.45, 7) is -0.0138. The van der Waals surface area contributed by atoms with Gasteiger partial charge in [-0.05, 0) is 17.7 Å². The Labute approximate surface area is 92.3 Å². The summed E-state index contributed by atoms with van der Waals surface area (Å²) in [5, 5.41) is 11.9. The SMILES string of the molecule is N#CCOc1cccc(C=NNC(N)=O)c1. The number of ether oxygens (including phenoxy) is 1. The number of amides is 2. The van der Waals surface area contributed by atoms with Gasteiger partial charge in [0.15, 0.2) is 6.61 Å². The van der Waals surface area contributed by atoms with Crippen molar-refractivity contribution in [2.75, 3.05) is 6.61 Å². The van der Waals surface area contributed by atoms with Gasteiger partial charge in [0.2, 0.25) is 0 Å². The highest BCUT2D eigenvalue weighted by molar-refractivity contribution is 5.81. The summed E-state index contributed by atoms with van der Waals surface area (Å²) in [6, 6.07) is 8.06. The van der Waals surface area contributed by atoms with E-state index >= 15 is 0 Å². The van der Waals surface area contributed by atoms with Crippen molar-refractivity contribution in [3.05, 3.63) is 29.8 Å². The molecular formula is C10H10N4O2. The zero-order chi connectivity index (χ0) is 11.8. The molecule has 6 heteroatoms. The smallest absolute Gasteiger partial charge is 0.332 e. The minimum absolute atomic E-state index is 0.0138. The molecule has 0 aliphatic rings. The lowest BCUT2D eigenvalue weighted by molar-refractivity contribution is 0.249. The first-order chi connectivity index (χ1) is 7.72. The third kappa shape index (κ3) is 4.11. The van der Waals surface area contributed by atoms with Gasteiger partial charge in [-0.1, -0.05) is 12.1 Å². The van der Waals surface area contributed by atoms with E-state index in [9.17, 15) is 4.79 Å². The number of urea groups is 1.